The maximum absolute atomic E-state index is 13.8. The van der Waals surface area contributed by atoms with Gasteiger partial charge in [-0.05, 0) is 59.0 Å². The van der Waals surface area contributed by atoms with Gasteiger partial charge in [-0.15, -0.1) is 0 Å². The Labute approximate surface area is 408 Å². The first-order chi connectivity index (χ1) is 34.3. The summed E-state index contributed by atoms with van der Waals surface area (Å²) in [7, 11) is 1.51. The summed E-state index contributed by atoms with van der Waals surface area (Å²) in [5.74, 6) is -1.56. The van der Waals surface area contributed by atoms with Gasteiger partial charge in [0.15, 0.2) is 12.6 Å². The molecule has 1 aliphatic heterocycles. The summed E-state index contributed by atoms with van der Waals surface area (Å²) in [6.45, 7) is 2.14. The van der Waals surface area contributed by atoms with Crippen LogP contribution in [0.5, 0.6) is 23.0 Å². The molecular weight excluding hydrogens is 889 g/mol. The summed E-state index contributed by atoms with van der Waals surface area (Å²) in [4.78, 5) is 27.7. The lowest BCUT2D eigenvalue weighted by Gasteiger charge is -2.46. The molecule has 1 fully saturated rings. The van der Waals surface area contributed by atoms with Crippen LogP contribution in [0.2, 0.25) is 0 Å². The molecule has 0 saturated carbocycles. The highest BCUT2D eigenvalue weighted by atomic mass is 16.7. The normalized spacial score (nSPS) is 17.7. The van der Waals surface area contributed by atoms with Gasteiger partial charge in [-0.25, -0.2) is 4.79 Å². The Bertz CT molecular complexity index is 2700. The largest absolute Gasteiger partial charge is 0.507 e. The Morgan fingerprint density at radius 2 is 1.01 bits per heavy atom. The van der Waals surface area contributed by atoms with Gasteiger partial charge in [-0.2, -0.15) is 0 Å². The standard InChI is InChI=1S/C58H56O12/c1-40(59)51-49(70-58(61)46-28-30-47(31-29-46)68-39-62-2)32-48(64-34-42-20-10-4-11-21-42)52(53(51)60)55-57(67-37-45-26-16-7-17-27-45)56(66-36-44-24-14-6-15-25-44)54(65-35-43-22-12-5-13-23-43)50(69-55)38-63-33-41-18-8-3-9-19-41/h3-32,50,54-57,60H,33-39H2,1-2H3/t50-,54-,55+,56+,57+/m1/s1. The average molecular weight is 945 g/mol. The van der Waals surface area contributed by atoms with Crippen molar-refractivity contribution in [3.8, 4) is 23.0 Å². The molecule has 1 heterocycles. The number of phenolic OH excluding ortho intramolecular Hbond substituents is 1. The summed E-state index contributed by atoms with van der Waals surface area (Å²) in [5.41, 5.74) is 4.46. The molecule has 1 N–H and O–H groups in total. The molecule has 7 aromatic carbocycles. The van der Waals surface area contributed by atoms with Crippen LogP contribution in [-0.4, -0.2) is 61.8 Å². The first kappa shape index (κ1) is 49.3. The molecule has 0 spiro atoms. The average Bonchev–Trinajstić information content (AvgIpc) is 3.39. The molecule has 0 radical (unpaired) electrons. The molecule has 70 heavy (non-hydrogen) atoms. The minimum absolute atomic E-state index is 0.0226. The van der Waals surface area contributed by atoms with Crippen molar-refractivity contribution in [3.63, 3.8) is 0 Å². The number of ether oxygens (including phenoxy) is 9. The quantitative estimate of drug-likeness (QED) is 0.0283. The van der Waals surface area contributed by atoms with Crippen LogP contribution >= 0.6 is 0 Å². The number of rotatable bonds is 23. The van der Waals surface area contributed by atoms with Crippen molar-refractivity contribution in [2.24, 2.45) is 0 Å². The maximum Gasteiger partial charge on any atom is 0.343 e. The van der Waals surface area contributed by atoms with E-state index in [1.807, 2.05) is 152 Å². The molecule has 0 bridgehead atoms. The number of hydrogen-bond acceptors (Lipinski definition) is 12. The number of carbonyl (C=O) groups excluding carboxylic acids is 2. The molecule has 1 saturated heterocycles. The van der Waals surface area contributed by atoms with Crippen molar-refractivity contribution >= 4 is 11.8 Å². The van der Waals surface area contributed by atoms with E-state index in [0.29, 0.717) is 5.75 Å². The van der Waals surface area contributed by atoms with E-state index in [4.69, 9.17) is 42.6 Å². The van der Waals surface area contributed by atoms with E-state index in [1.54, 1.807) is 12.1 Å². The van der Waals surface area contributed by atoms with E-state index >= 15 is 0 Å². The van der Waals surface area contributed by atoms with Crippen LogP contribution in [0, 0.1) is 0 Å². The van der Waals surface area contributed by atoms with Crippen molar-refractivity contribution < 1.29 is 57.3 Å². The molecule has 0 aromatic heterocycles. The molecule has 0 aliphatic carbocycles. The number of phenols is 1. The number of hydrogen-bond donors (Lipinski definition) is 1. The van der Waals surface area contributed by atoms with E-state index in [0.717, 1.165) is 27.8 Å². The number of aromatic hydroxyl groups is 1. The van der Waals surface area contributed by atoms with Gasteiger partial charge in [-0.3, -0.25) is 4.79 Å². The van der Waals surface area contributed by atoms with Crippen LogP contribution in [0.4, 0.5) is 0 Å². The van der Waals surface area contributed by atoms with E-state index in [9.17, 15) is 14.7 Å². The minimum Gasteiger partial charge on any atom is -0.507 e. The zero-order valence-electron chi connectivity index (χ0n) is 39.1. The van der Waals surface area contributed by atoms with Gasteiger partial charge in [0.2, 0.25) is 0 Å². The fraction of sp³-hybridized carbons (Fsp3) is 0.241. The second-order valence-electron chi connectivity index (χ2n) is 16.7. The Hall–Kier alpha value is -7.16. The lowest BCUT2D eigenvalue weighted by Crippen LogP contribution is -2.58. The molecule has 360 valence electrons. The number of methoxy groups -OCH3 is 1. The number of Topliss-reactive ketones (excluding diaryl/α,β-unsaturated/α-hetero) is 1. The predicted molar refractivity (Wildman–Crippen MR) is 262 cm³/mol. The Morgan fingerprint density at radius 1 is 0.543 bits per heavy atom. The molecule has 12 heteroatoms. The highest BCUT2D eigenvalue weighted by Gasteiger charge is 2.51. The molecular formula is C58H56O12. The summed E-state index contributed by atoms with van der Waals surface area (Å²) in [5, 5.41) is 12.7. The van der Waals surface area contributed by atoms with Gasteiger partial charge in [-0.1, -0.05) is 152 Å². The van der Waals surface area contributed by atoms with Crippen molar-refractivity contribution in [1.29, 1.82) is 0 Å². The van der Waals surface area contributed by atoms with Gasteiger partial charge in [0.1, 0.15) is 65.7 Å². The summed E-state index contributed by atoms with van der Waals surface area (Å²) < 4.78 is 57.6. The van der Waals surface area contributed by atoms with E-state index in [1.165, 1.54) is 32.2 Å². The number of carbonyl (C=O) groups is 2. The molecule has 0 amide bonds. The Balaban J connectivity index is 1.25. The topological polar surface area (TPSA) is 137 Å². The minimum atomic E-state index is -1.19. The van der Waals surface area contributed by atoms with E-state index < -0.39 is 48.0 Å². The third-order valence-electron chi connectivity index (χ3n) is 11.7. The molecule has 8 rings (SSSR count). The Morgan fingerprint density at radius 3 is 1.51 bits per heavy atom. The zero-order valence-corrected chi connectivity index (χ0v) is 39.1. The Kier molecular flexibility index (Phi) is 17.5. The number of esters is 1. The molecule has 0 unspecified atom stereocenters. The van der Waals surface area contributed by atoms with E-state index in [-0.39, 0.29) is 74.6 Å². The van der Waals surface area contributed by atoms with Crippen LogP contribution < -0.4 is 14.2 Å². The number of ketones is 1. The lowest BCUT2D eigenvalue weighted by molar-refractivity contribution is -0.275. The van der Waals surface area contributed by atoms with Gasteiger partial charge in [0, 0.05) is 13.2 Å². The van der Waals surface area contributed by atoms with Crippen LogP contribution in [0.15, 0.2) is 182 Å². The fourth-order valence-corrected chi connectivity index (χ4v) is 8.18. The third kappa shape index (κ3) is 13.1. The fourth-order valence-electron chi connectivity index (χ4n) is 8.18. The van der Waals surface area contributed by atoms with Gasteiger partial charge in [0.25, 0.3) is 0 Å². The lowest BCUT2D eigenvalue weighted by atomic mass is 9.88. The summed E-state index contributed by atoms with van der Waals surface area (Å²) in [6.07, 6.45) is -4.74. The number of benzene rings is 7. The maximum atomic E-state index is 13.8. The smallest absolute Gasteiger partial charge is 0.343 e. The van der Waals surface area contributed by atoms with Crippen LogP contribution in [0.25, 0.3) is 0 Å². The summed E-state index contributed by atoms with van der Waals surface area (Å²) in [6, 6.07) is 56.2. The first-order valence-corrected chi connectivity index (χ1v) is 23.1. The predicted octanol–water partition coefficient (Wildman–Crippen LogP) is 10.8. The van der Waals surface area contributed by atoms with Crippen LogP contribution in [-0.2, 0) is 61.5 Å². The highest BCUT2D eigenvalue weighted by Crippen LogP contribution is 2.49. The summed E-state index contributed by atoms with van der Waals surface area (Å²) >= 11 is 0. The molecule has 12 nitrogen and oxygen atoms in total. The van der Waals surface area contributed by atoms with Gasteiger partial charge >= 0.3 is 5.97 Å². The zero-order chi connectivity index (χ0) is 48.5. The third-order valence-corrected chi connectivity index (χ3v) is 11.7. The monoisotopic (exact) mass is 944 g/mol. The first-order valence-electron chi connectivity index (χ1n) is 23.1. The van der Waals surface area contributed by atoms with Crippen molar-refractivity contribution in [1.82, 2.24) is 0 Å². The second kappa shape index (κ2) is 24.9. The van der Waals surface area contributed by atoms with E-state index in [2.05, 4.69) is 0 Å². The highest BCUT2D eigenvalue weighted by molar-refractivity contribution is 6.02. The molecule has 5 atom stereocenters. The van der Waals surface area contributed by atoms with Crippen molar-refractivity contribution in [3.05, 3.63) is 226 Å². The van der Waals surface area contributed by atoms with Crippen molar-refractivity contribution in [2.75, 3.05) is 20.5 Å². The van der Waals surface area contributed by atoms with Crippen LogP contribution in [0.1, 0.15) is 67.1 Å². The molecule has 7 aromatic rings. The second-order valence-corrected chi connectivity index (χ2v) is 16.7. The van der Waals surface area contributed by atoms with Crippen LogP contribution in [0.3, 0.4) is 0 Å². The SMILES string of the molecule is COCOc1ccc(C(=O)Oc2cc(OCc3ccccc3)c([C@@H]3O[C@H](COCc4ccccc4)[C@@H](OCc4ccccc4)[C@H](OCc4ccccc4)[C@H]3OCc3ccccc3)c(O)c2C(C)=O)cc1. The van der Waals surface area contributed by atoms with Crippen molar-refractivity contribution in [2.45, 2.75) is 70.5 Å². The van der Waals surface area contributed by atoms with Gasteiger partial charge < -0.3 is 47.7 Å². The molecule has 1 aliphatic rings. The van der Waals surface area contributed by atoms with Gasteiger partial charge in [0.05, 0.1) is 44.2 Å².